The van der Waals surface area contributed by atoms with E-state index in [2.05, 4.69) is 43.7 Å². The zero-order valence-electron chi connectivity index (χ0n) is 7.39. The Morgan fingerprint density at radius 1 is 1.55 bits per heavy atom. The van der Waals surface area contributed by atoms with Crippen LogP contribution < -0.4 is 0 Å². The first-order chi connectivity index (χ1) is 5.02. The summed E-state index contributed by atoms with van der Waals surface area (Å²) in [5.74, 6) is 0. The van der Waals surface area contributed by atoms with Crippen LogP contribution in [-0.4, -0.2) is 12.1 Å². The van der Waals surface area contributed by atoms with Crippen molar-refractivity contribution in [1.82, 2.24) is 0 Å². The van der Waals surface area contributed by atoms with Crippen molar-refractivity contribution in [3.63, 3.8) is 0 Å². The van der Waals surface area contributed by atoms with Gasteiger partial charge in [-0.05, 0) is 31.9 Å². The molecule has 0 unspecified atom stereocenters. The summed E-state index contributed by atoms with van der Waals surface area (Å²) in [4.78, 5) is 0. The van der Waals surface area contributed by atoms with Crippen LogP contribution in [0.15, 0.2) is 34.0 Å². The molecule has 0 radical (unpaired) electrons. The summed E-state index contributed by atoms with van der Waals surface area (Å²) in [7, 11) is 0. The van der Waals surface area contributed by atoms with Crippen molar-refractivity contribution >= 4 is 0 Å². The minimum Gasteiger partial charge on any atom is -0.189 e. The Kier molecular flexibility index (Phi) is 1.94. The average Bonchev–Trinajstić information content (AvgIpc) is 1.94. The van der Waals surface area contributed by atoms with Gasteiger partial charge in [-0.3, -0.25) is 0 Å². The Bertz CT molecular complexity index is 234. The fourth-order valence-corrected chi connectivity index (χ4v) is 0.910. The van der Waals surface area contributed by atoms with E-state index in [9.17, 15) is 0 Å². The highest BCUT2D eigenvalue weighted by atomic mass is 15.1. The van der Waals surface area contributed by atoms with E-state index in [-0.39, 0.29) is 5.54 Å². The van der Waals surface area contributed by atoms with E-state index < -0.39 is 0 Å². The quantitative estimate of drug-likeness (QED) is 0.507. The Morgan fingerprint density at radius 2 is 2.18 bits per heavy atom. The largest absolute Gasteiger partial charge is 0.189 e. The summed E-state index contributed by atoms with van der Waals surface area (Å²) in [6.07, 6.45) is 2.07. The Balaban J connectivity index is 3.01. The molecule has 0 aromatic carbocycles. The van der Waals surface area contributed by atoms with E-state index in [1.165, 1.54) is 5.57 Å². The molecule has 0 aromatic rings. The van der Waals surface area contributed by atoms with E-state index in [1.807, 2.05) is 0 Å². The summed E-state index contributed by atoms with van der Waals surface area (Å²) in [5, 5.41) is 8.21. The van der Waals surface area contributed by atoms with Gasteiger partial charge >= 0.3 is 0 Å². The minimum atomic E-state index is -0.139. The topological polar surface area (TPSA) is 24.7 Å². The summed E-state index contributed by atoms with van der Waals surface area (Å²) < 4.78 is 0. The molecule has 2 heteroatoms. The van der Waals surface area contributed by atoms with Crippen molar-refractivity contribution < 1.29 is 0 Å². The van der Waals surface area contributed by atoms with Gasteiger partial charge in [-0.2, -0.15) is 10.2 Å². The average molecular weight is 150 g/mol. The van der Waals surface area contributed by atoms with Gasteiger partial charge in [-0.25, -0.2) is 0 Å². The first-order valence-electron chi connectivity index (χ1n) is 3.77. The molecule has 0 spiro atoms. The summed E-state index contributed by atoms with van der Waals surface area (Å²) >= 11 is 0. The lowest BCUT2D eigenvalue weighted by Crippen LogP contribution is -2.16. The number of azo groups is 1. The molecule has 0 N–H and O–H groups in total. The van der Waals surface area contributed by atoms with Gasteiger partial charge in [0.15, 0.2) is 0 Å². The fourth-order valence-electron chi connectivity index (χ4n) is 0.910. The lowest BCUT2D eigenvalue weighted by Gasteiger charge is -2.17. The van der Waals surface area contributed by atoms with Crippen molar-refractivity contribution in [3.8, 4) is 0 Å². The molecule has 0 amide bonds. The predicted molar refractivity (Wildman–Crippen MR) is 46.7 cm³/mol. The van der Waals surface area contributed by atoms with E-state index >= 15 is 0 Å². The monoisotopic (exact) mass is 150 g/mol. The third-order valence-electron chi connectivity index (χ3n) is 1.98. The Morgan fingerprint density at radius 3 is 2.82 bits per heavy atom. The molecule has 60 valence electrons. The van der Waals surface area contributed by atoms with Gasteiger partial charge in [0.25, 0.3) is 0 Å². The Labute approximate surface area is 67.7 Å². The molecule has 0 aliphatic carbocycles. The van der Waals surface area contributed by atoms with Crippen LogP contribution in [0.2, 0.25) is 0 Å². The minimum absolute atomic E-state index is 0.139. The maximum Gasteiger partial charge on any atom is 0.0969 e. The molecule has 0 atom stereocenters. The zero-order valence-corrected chi connectivity index (χ0v) is 7.39. The predicted octanol–water partition coefficient (Wildman–Crippen LogP) is 2.73. The third-order valence-corrected chi connectivity index (χ3v) is 1.98. The standard InChI is InChI=1S/C9H14N2/c1-7-5-8(2)9(3,4)11-10-6-7/h5H,1,6H2,2-4H3. The molecule has 0 saturated heterocycles. The molecule has 0 bridgehead atoms. The van der Waals surface area contributed by atoms with Crippen LogP contribution in [0.25, 0.3) is 0 Å². The van der Waals surface area contributed by atoms with Crippen LogP contribution in [0, 0.1) is 0 Å². The number of hydrogen-bond acceptors (Lipinski definition) is 2. The molecule has 11 heavy (non-hydrogen) atoms. The number of hydrogen-bond donors (Lipinski definition) is 0. The van der Waals surface area contributed by atoms with Crippen molar-refractivity contribution in [2.24, 2.45) is 10.2 Å². The zero-order chi connectivity index (χ0) is 8.48. The molecule has 1 aliphatic rings. The van der Waals surface area contributed by atoms with Crippen LogP contribution >= 0.6 is 0 Å². The van der Waals surface area contributed by atoms with Gasteiger partial charge in [0.2, 0.25) is 0 Å². The fraction of sp³-hybridized carbons (Fsp3) is 0.556. The first kappa shape index (κ1) is 8.18. The molecule has 1 heterocycles. The third kappa shape index (κ3) is 1.76. The summed E-state index contributed by atoms with van der Waals surface area (Å²) in [6.45, 7) is 10.7. The van der Waals surface area contributed by atoms with E-state index in [0.717, 1.165) is 5.57 Å². The molecule has 2 nitrogen and oxygen atoms in total. The highest BCUT2D eigenvalue weighted by Crippen LogP contribution is 2.24. The molecule has 1 aliphatic heterocycles. The van der Waals surface area contributed by atoms with E-state index in [0.29, 0.717) is 6.54 Å². The normalized spacial score (nSPS) is 22.8. The van der Waals surface area contributed by atoms with Gasteiger partial charge < -0.3 is 0 Å². The summed E-state index contributed by atoms with van der Waals surface area (Å²) in [5.41, 5.74) is 2.12. The van der Waals surface area contributed by atoms with Crippen LogP contribution in [0.3, 0.4) is 0 Å². The lowest BCUT2D eigenvalue weighted by molar-refractivity contribution is 0.578. The first-order valence-corrected chi connectivity index (χ1v) is 3.77. The van der Waals surface area contributed by atoms with Crippen LogP contribution in [0.1, 0.15) is 20.8 Å². The van der Waals surface area contributed by atoms with Crippen molar-refractivity contribution in [1.29, 1.82) is 0 Å². The van der Waals surface area contributed by atoms with Gasteiger partial charge in [0.1, 0.15) is 0 Å². The molecular formula is C9H14N2. The summed E-state index contributed by atoms with van der Waals surface area (Å²) in [6, 6.07) is 0. The molecular weight excluding hydrogens is 136 g/mol. The molecule has 0 fully saturated rings. The highest BCUT2D eigenvalue weighted by Gasteiger charge is 2.20. The molecule has 0 saturated carbocycles. The number of nitrogens with zero attached hydrogens (tertiary/aromatic N) is 2. The molecule has 0 aromatic heterocycles. The number of rotatable bonds is 0. The second kappa shape index (κ2) is 2.61. The van der Waals surface area contributed by atoms with Crippen molar-refractivity contribution in [2.75, 3.05) is 6.54 Å². The highest BCUT2D eigenvalue weighted by molar-refractivity contribution is 5.28. The van der Waals surface area contributed by atoms with Gasteiger partial charge in [-0.1, -0.05) is 12.7 Å². The lowest BCUT2D eigenvalue weighted by atomic mass is 9.95. The molecule has 1 rings (SSSR count). The van der Waals surface area contributed by atoms with Gasteiger partial charge in [0.05, 0.1) is 12.1 Å². The van der Waals surface area contributed by atoms with Crippen LogP contribution in [0.4, 0.5) is 0 Å². The van der Waals surface area contributed by atoms with E-state index in [4.69, 9.17) is 0 Å². The van der Waals surface area contributed by atoms with E-state index in [1.54, 1.807) is 0 Å². The van der Waals surface area contributed by atoms with Crippen LogP contribution in [0.5, 0.6) is 0 Å². The second-order valence-electron chi connectivity index (χ2n) is 3.44. The maximum absolute atomic E-state index is 4.18. The van der Waals surface area contributed by atoms with Crippen molar-refractivity contribution in [3.05, 3.63) is 23.8 Å². The second-order valence-corrected chi connectivity index (χ2v) is 3.44. The maximum atomic E-state index is 4.18. The van der Waals surface area contributed by atoms with Gasteiger partial charge in [0, 0.05) is 0 Å². The smallest absolute Gasteiger partial charge is 0.0969 e. The Hall–Kier alpha value is -0.920. The SMILES string of the molecule is C=C1C=C(C)C(C)(C)N=NC1. The van der Waals surface area contributed by atoms with Crippen LogP contribution in [-0.2, 0) is 0 Å². The van der Waals surface area contributed by atoms with Gasteiger partial charge in [-0.15, -0.1) is 0 Å². The van der Waals surface area contributed by atoms with Crippen molar-refractivity contribution in [2.45, 2.75) is 26.3 Å².